The number of carbonyl (C=O) groups excluding carboxylic acids is 2. The number of halogens is 2. The molecule has 0 N–H and O–H groups in total. The van der Waals surface area contributed by atoms with Gasteiger partial charge in [0, 0.05) is 23.0 Å². The summed E-state index contributed by atoms with van der Waals surface area (Å²) in [6, 6.07) is 0. The van der Waals surface area contributed by atoms with Crippen molar-refractivity contribution in [1.29, 1.82) is 0 Å². The first-order valence-electron chi connectivity index (χ1n) is 6.61. The molecule has 19 heavy (non-hydrogen) atoms. The van der Waals surface area contributed by atoms with Crippen LogP contribution in [0, 0.1) is 0 Å². The summed E-state index contributed by atoms with van der Waals surface area (Å²) in [7, 11) is 0. The average molecular weight is 402 g/mol. The third-order valence-electron chi connectivity index (χ3n) is 2.37. The minimum atomic E-state index is -0.264. The highest BCUT2D eigenvalue weighted by Crippen LogP contribution is 2.08. The lowest BCUT2D eigenvalue weighted by Gasteiger charge is -2.09. The van der Waals surface area contributed by atoms with Gasteiger partial charge in [-0.3, -0.25) is 9.59 Å². The molecule has 0 saturated heterocycles. The number of esters is 2. The van der Waals surface area contributed by atoms with E-state index in [9.17, 15) is 9.59 Å². The van der Waals surface area contributed by atoms with Crippen LogP contribution in [0.2, 0.25) is 0 Å². The minimum absolute atomic E-state index is 0.176. The van der Waals surface area contributed by atoms with Crippen molar-refractivity contribution < 1.29 is 19.1 Å². The Kier molecular flexibility index (Phi) is 12.8. The Labute approximate surface area is 131 Å². The molecule has 0 aromatic rings. The van der Waals surface area contributed by atoms with Gasteiger partial charge in [-0.25, -0.2) is 0 Å². The zero-order valence-corrected chi connectivity index (χ0v) is 14.5. The molecule has 1 unspecified atom stereocenters. The minimum Gasteiger partial charge on any atom is -0.466 e. The van der Waals surface area contributed by atoms with Crippen molar-refractivity contribution in [1.82, 2.24) is 0 Å². The van der Waals surface area contributed by atoms with Crippen LogP contribution in [0.1, 0.15) is 45.4 Å². The third kappa shape index (κ3) is 12.7. The highest BCUT2D eigenvalue weighted by Gasteiger charge is 2.09. The summed E-state index contributed by atoms with van der Waals surface area (Å²) >= 11 is 6.73. The van der Waals surface area contributed by atoms with E-state index in [1.165, 1.54) is 0 Å². The molecule has 0 aliphatic heterocycles. The topological polar surface area (TPSA) is 52.6 Å². The van der Waals surface area contributed by atoms with Crippen molar-refractivity contribution in [3.63, 3.8) is 0 Å². The largest absolute Gasteiger partial charge is 0.466 e. The van der Waals surface area contributed by atoms with Crippen molar-refractivity contribution >= 4 is 43.8 Å². The van der Waals surface area contributed by atoms with Crippen LogP contribution in [0.15, 0.2) is 0 Å². The van der Waals surface area contributed by atoms with Crippen LogP contribution in [-0.2, 0) is 19.1 Å². The first-order chi connectivity index (χ1) is 9.10. The average Bonchev–Trinajstić information content (AvgIpc) is 2.37. The molecular weight excluding hydrogens is 380 g/mol. The lowest BCUT2D eigenvalue weighted by molar-refractivity contribution is -0.145. The molecule has 0 bridgehead atoms. The Morgan fingerprint density at radius 1 is 1.11 bits per heavy atom. The summed E-state index contributed by atoms with van der Waals surface area (Å²) in [6.07, 6.45) is 3.80. The van der Waals surface area contributed by atoms with Crippen LogP contribution >= 0.6 is 31.9 Å². The zero-order valence-electron chi connectivity index (χ0n) is 11.3. The predicted molar refractivity (Wildman–Crippen MR) is 81.8 cm³/mol. The number of hydrogen-bond donors (Lipinski definition) is 0. The van der Waals surface area contributed by atoms with Crippen LogP contribution in [0.3, 0.4) is 0 Å². The van der Waals surface area contributed by atoms with E-state index < -0.39 is 0 Å². The molecular formula is C13H22Br2O4. The summed E-state index contributed by atoms with van der Waals surface area (Å²) in [5.74, 6) is -0.501. The molecule has 0 fully saturated rings. The van der Waals surface area contributed by atoms with Gasteiger partial charge in [-0.15, -0.1) is 0 Å². The lowest BCUT2D eigenvalue weighted by Crippen LogP contribution is -2.14. The maximum absolute atomic E-state index is 11.4. The van der Waals surface area contributed by atoms with E-state index in [-0.39, 0.29) is 29.6 Å². The maximum atomic E-state index is 11.4. The highest BCUT2D eigenvalue weighted by molar-refractivity contribution is 9.10. The van der Waals surface area contributed by atoms with Crippen LogP contribution in [0.5, 0.6) is 0 Å². The van der Waals surface area contributed by atoms with Crippen LogP contribution < -0.4 is 0 Å². The highest BCUT2D eigenvalue weighted by atomic mass is 79.9. The summed E-state index contributed by atoms with van der Waals surface area (Å²) < 4.78 is 10.1. The van der Waals surface area contributed by atoms with E-state index >= 15 is 0 Å². The number of unbranched alkanes of at least 4 members (excludes halogenated alkanes) is 1. The van der Waals surface area contributed by atoms with Gasteiger partial charge in [0.25, 0.3) is 0 Å². The van der Waals surface area contributed by atoms with Gasteiger partial charge >= 0.3 is 11.9 Å². The normalized spacial score (nSPS) is 11.9. The zero-order chi connectivity index (χ0) is 14.5. The summed E-state index contributed by atoms with van der Waals surface area (Å²) in [5, 5.41) is 0.865. The molecule has 0 amide bonds. The van der Waals surface area contributed by atoms with Crippen molar-refractivity contribution in [3.05, 3.63) is 0 Å². The lowest BCUT2D eigenvalue weighted by atomic mass is 10.2. The Bertz CT molecular complexity index is 259. The molecule has 6 heteroatoms. The first-order valence-corrected chi connectivity index (χ1v) is 8.65. The number of hydrogen-bond acceptors (Lipinski definition) is 4. The molecule has 0 aromatic carbocycles. The molecule has 0 rings (SSSR count). The van der Waals surface area contributed by atoms with Crippen LogP contribution in [0.25, 0.3) is 0 Å². The van der Waals surface area contributed by atoms with Gasteiger partial charge in [-0.2, -0.15) is 0 Å². The second-order valence-corrected chi connectivity index (χ2v) is 6.27. The molecule has 0 radical (unpaired) electrons. The van der Waals surface area contributed by atoms with E-state index in [1.54, 1.807) is 0 Å². The molecule has 0 spiro atoms. The summed E-state index contributed by atoms with van der Waals surface area (Å²) in [5.41, 5.74) is 0. The molecule has 0 aliphatic rings. The van der Waals surface area contributed by atoms with Crippen LogP contribution in [-0.4, -0.2) is 35.3 Å². The molecule has 0 heterocycles. The van der Waals surface area contributed by atoms with Gasteiger partial charge in [-0.05, 0) is 19.3 Å². The van der Waals surface area contributed by atoms with E-state index in [0.29, 0.717) is 19.6 Å². The number of alkyl halides is 2. The van der Waals surface area contributed by atoms with E-state index in [0.717, 1.165) is 24.6 Å². The van der Waals surface area contributed by atoms with Gasteiger partial charge in [0.1, 0.15) is 6.61 Å². The summed E-state index contributed by atoms with van der Waals surface area (Å²) in [4.78, 5) is 22.8. The van der Waals surface area contributed by atoms with Crippen molar-refractivity contribution in [2.75, 3.05) is 18.5 Å². The van der Waals surface area contributed by atoms with Crippen molar-refractivity contribution in [2.45, 2.75) is 50.3 Å². The van der Waals surface area contributed by atoms with E-state index in [2.05, 4.69) is 31.9 Å². The van der Waals surface area contributed by atoms with Crippen molar-refractivity contribution in [2.24, 2.45) is 0 Å². The number of rotatable bonds is 11. The fourth-order valence-electron chi connectivity index (χ4n) is 1.24. The monoisotopic (exact) mass is 400 g/mol. The molecule has 112 valence electrons. The summed E-state index contributed by atoms with van der Waals surface area (Å²) in [6.45, 7) is 2.87. The molecule has 0 aromatic heterocycles. The Morgan fingerprint density at radius 2 is 1.74 bits per heavy atom. The van der Waals surface area contributed by atoms with Gasteiger partial charge < -0.3 is 9.47 Å². The molecule has 1 atom stereocenters. The third-order valence-corrected chi connectivity index (χ3v) is 3.55. The van der Waals surface area contributed by atoms with Gasteiger partial charge in [0.15, 0.2) is 0 Å². The molecule has 0 aliphatic carbocycles. The molecule has 0 saturated carbocycles. The Hall–Kier alpha value is -0.100. The van der Waals surface area contributed by atoms with Gasteiger partial charge in [0.2, 0.25) is 0 Å². The Balaban J connectivity index is 3.49. The SMILES string of the molecule is CCCCOC(=O)CCCC(=O)OCC(Br)CCBr. The number of carbonyl (C=O) groups is 2. The van der Waals surface area contributed by atoms with Crippen LogP contribution in [0.4, 0.5) is 0 Å². The Morgan fingerprint density at radius 3 is 2.32 bits per heavy atom. The predicted octanol–water partition coefficient (Wildman–Crippen LogP) is 3.59. The fourth-order valence-corrected chi connectivity index (χ4v) is 2.76. The number of ether oxygens (including phenoxy) is 2. The van der Waals surface area contributed by atoms with E-state index in [1.807, 2.05) is 6.92 Å². The van der Waals surface area contributed by atoms with Crippen molar-refractivity contribution in [3.8, 4) is 0 Å². The molecule has 4 nitrogen and oxygen atoms in total. The second kappa shape index (κ2) is 12.9. The smallest absolute Gasteiger partial charge is 0.305 e. The van der Waals surface area contributed by atoms with Gasteiger partial charge in [0.05, 0.1) is 6.61 Å². The second-order valence-electron chi connectivity index (χ2n) is 4.19. The van der Waals surface area contributed by atoms with E-state index in [4.69, 9.17) is 9.47 Å². The fraction of sp³-hybridized carbons (Fsp3) is 0.846. The maximum Gasteiger partial charge on any atom is 0.305 e. The first kappa shape index (κ1) is 18.9. The quantitative estimate of drug-likeness (QED) is 0.301. The standard InChI is InChI=1S/C13H22Br2O4/c1-2-3-9-18-12(16)5-4-6-13(17)19-10-11(15)7-8-14/h11H,2-10H2,1H3. The van der Waals surface area contributed by atoms with Gasteiger partial charge in [-0.1, -0.05) is 45.2 Å².